The molecule has 128 valence electrons. The number of nitrogens with one attached hydrogen (secondary N) is 2. The first-order chi connectivity index (χ1) is 11.9. The van der Waals surface area contributed by atoms with Crippen LogP contribution in [0.1, 0.15) is 11.3 Å². The molecule has 0 amide bonds. The van der Waals surface area contributed by atoms with Crippen molar-refractivity contribution in [2.45, 2.75) is 13.1 Å². The fraction of sp³-hybridized carbons (Fsp3) is 0.154. The summed E-state index contributed by atoms with van der Waals surface area (Å²) >= 11 is 0. The van der Waals surface area contributed by atoms with Gasteiger partial charge in [-0.1, -0.05) is 5.10 Å². The molecular weight excluding hydrogens is 339 g/mol. The molecule has 0 aliphatic carbocycles. The number of aromatic amines is 2. The third-order valence-corrected chi connectivity index (χ3v) is 3.83. The maximum absolute atomic E-state index is 13.2. The van der Waals surface area contributed by atoms with Crippen molar-refractivity contribution in [2.75, 3.05) is 5.73 Å². The molecule has 4 N–H and O–H groups in total. The van der Waals surface area contributed by atoms with E-state index in [0.29, 0.717) is 16.6 Å². The number of aromatic nitrogens is 8. The number of rotatable bonds is 2. The minimum absolute atomic E-state index is 0.0516. The van der Waals surface area contributed by atoms with Crippen LogP contribution in [-0.4, -0.2) is 40.6 Å². The fourth-order valence-corrected chi connectivity index (χ4v) is 2.73. The summed E-state index contributed by atoms with van der Waals surface area (Å²) in [5.41, 5.74) is 6.52. The van der Waals surface area contributed by atoms with E-state index >= 15 is 0 Å². The molecule has 0 aliphatic rings. The molecule has 4 rings (SSSR count). The van der Waals surface area contributed by atoms with E-state index in [1.54, 1.807) is 6.92 Å². The lowest BCUT2D eigenvalue weighted by Crippen LogP contribution is -2.05. The molecule has 0 bridgehead atoms. The number of H-pyrrole nitrogens is 2. The lowest BCUT2D eigenvalue weighted by molar-refractivity contribution is -0.137. The van der Waals surface area contributed by atoms with E-state index in [9.17, 15) is 13.2 Å². The van der Waals surface area contributed by atoms with Crippen LogP contribution in [0.5, 0.6) is 0 Å². The van der Waals surface area contributed by atoms with Crippen molar-refractivity contribution in [2.24, 2.45) is 0 Å². The zero-order valence-corrected chi connectivity index (χ0v) is 12.6. The van der Waals surface area contributed by atoms with E-state index in [1.165, 1.54) is 10.9 Å². The van der Waals surface area contributed by atoms with Gasteiger partial charge in [-0.2, -0.15) is 23.0 Å². The Morgan fingerprint density at radius 3 is 2.68 bits per heavy atom. The molecule has 0 aliphatic heterocycles. The van der Waals surface area contributed by atoms with E-state index < -0.39 is 11.7 Å². The highest BCUT2D eigenvalue weighted by atomic mass is 19.4. The number of nitrogens with zero attached hydrogens (tertiary/aromatic N) is 6. The van der Waals surface area contributed by atoms with Crippen molar-refractivity contribution in [3.05, 3.63) is 29.6 Å². The third-order valence-electron chi connectivity index (χ3n) is 3.83. The number of hydrogen-bond acceptors (Lipinski definition) is 6. The van der Waals surface area contributed by atoms with Crippen molar-refractivity contribution in [3.8, 4) is 17.1 Å². The second-order valence-corrected chi connectivity index (χ2v) is 5.34. The van der Waals surface area contributed by atoms with E-state index in [4.69, 9.17) is 5.73 Å². The van der Waals surface area contributed by atoms with Gasteiger partial charge >= 0.3 is 6.18 Å². The SMILES string of the molecule is Cc1c(-c2cc(C(F)(F)F)cc3[nH]ncc23)c(N)nn1-c1nnn[nH]1. The van der Waals surface area contributed by atoms with Crippen LogP contribution in [0.15, 0.2) is 18.3 Å². The van der Waals surface area contributed by atoms with E-state index in [2.05, 4.69) is 35.9 Å². The minimum atomic E-state index is -4.51. The van der Waals surface area contributed by atoms with Crippen LogP contribution in [0.25, 0.3) is 28.0 Å². The summed E-state index contributed by atoms with van der Waals surface area (Å²) in [6, 6.07) is 2.03. The summed E-state index contributed by atoms with van der Waals surface area (Å²) in [5.74, 6) is 0.251. The van der Waals surface area contributed by atoms with Crippen LogP contribution in [0, 0.1) is 6.92 Å². The summed E-state index contributed by atoms with van der Waals surface area (Å²) in [6.45, 7) is 1.66. The maximum Gasteiger partial charge on any atom is 0.416 e. The highest BCUT2D eigenvalue weighted by Gasteiger charge is 2.32. The topological polar surface area (TPSA) is 127 Å². The fourth-order valence-electron chi connectivity index (χ4n) is 2.73. The molecule has 9 nitrogen and oxygen atoms in total. The lowest BCUT2D eigenvalue weighted by Gasteiger charge is -2.10. The summed E-state index contributed by atoms with van der Waals surface area (Å²) in [5, 5.41) is 24.2. The Balaban J connectivity index is 2.01. The van der Waals surface area contributed by atoms with Gasteiger partial charge in [0, 0.05) is 10.9 Å². The Bertz CT molecular complexity index is 1060. The van der Waals surface area contributed by atoms with Gasteiger partial charge in [-0.15, -0.1) is 5.10 Å². The third kappa shape index (κ3) is 2.29. The Morgan fingerprint density at radius 2 is 2.00 bits per heavy atom. The molecule has 1 aromatic carbocycles. The number of benzene rings is 1. The molecule has 0 radical (unpaired) electrons. The molecule has 12 heteroatoms. The van der Waals surface area contributed by atoms with Crippen LogP contribution >= 0.6 is 0 Å². The van der Waals surface area contributed by atoms with Crippen LogP contribution in [-0.2, 0) is 6.18 Å². The molecule has 0 spiro atoms. The van der Waals surface area contributed by atoms with E-state index in [1.807, 2.05) is 0 Å². The Labute approximate surface area is 137 Å². The molecule has 0 fully saturated rings. The summed E-state index contributed by atoms with van der Waals surface area (Å²) in [7, 11) is 0. The van der Waals surface area contributed by atoms with Crippen molar-refractivity contribution in [1.82, 2.24) is 40.6 Å². The number of tetrazole rings is 1. The van der Waals surface area contributed by atoms with Crippen molar-refractivity contribution in [3.63, 3.8) is 0 Å². The molecule has 3 heterocycles. The summed E-state index contributed by atoms with van der Waals surface area (Å²) < 4.78 is 41.0. The second kappa shape index (κ2) is 5.03. The smallest absolute Gasteiger partial charge is 0.382 e. The molecule has 3 aromatic heterocycles. The summed E-state index contributed by atoms with van der Waals surface area (Å²) in [4.78, 5) is 0. The normalized spacial score (nSPS) is 12.2. The average Bonchev–Trinajstić information content (AvgIpc) is 3.26. The quantitative estimate of drug-likeness (QED) is 0.507. The van der Waals surface area contributed by atoms with Gasteiger partial charge in [0.05, 0.1) is 23.0 Å². The zero-order chi connectivity index (χ0) is 17.8. The first-order valence-corrected chi connectivity index (χ1v) is 7.00. The van der Waals surface area contributed by atoms with Gasteiger partial charge in [-0.25, -0.2) is 5.10 Å². The number of alkyl halides is 3. The number of fused-ring (bicyclic) bond motifs is 1. The van der Waals surface area contributed by atoms with E-state index in [-0.39, 0.29) is 22.8 Å². The Hall–Kier alpha value is -3.44. The molecule has 4 aromatic rings. The standard InChI is InChI=1S/C13H10F3N9/c1-5-10(11(17)22-25(5)12-20-23-24-21-12)7-2-6(13(14,15)16)3-9-8(7)4-18-19-9/h2-4H,1H3,(H2,17,22)(H,18,19)(H,20,21,23,24). The van der Waals surface area contributed by atoms with Crippen LogP contribution < -0.4 is 5.73 Å². The van der Waals surface area contributed by atoms with Gasteiger partial charge < -0.3 is 5.73 Å². The first-order valence-electron chi connectivity index (χ1n) is 7.00. The number of anilines is 1. The van der Waals surface area contributed by atoms with Gasteiger partial charge in [-0.3, -0.25) is 5.10 Å². The van der Waals surface area contributed by atoms with Crippen LogP contribution in [0.3, 0.4) is 0 Å². The first kappa shape index (κ1) is 15.1. The van der Waals surface area contributed by atoms with Gasteiger partial charge in [0.15, 0.2) is 5.82 Å². The van der Waals surface area contributed by atoms with Gasteiger partial charge in [0.1, 0.15) is 0 Å². The van der Waals surface area contributed by atoms with E-state index in [0.717, 1.165) is 12.1 Å². The van der Waals surface area contributed by atoms with Crippen LogP contribution in [0.4, 0.5) is 19.0 Å². The maximum atomic E-state index is 13.2. The number of nitrogens with two attached hydrogens (primary N) is 1. The lowest BCUT2D eigenvalue weighted by atomic mass is 9.98. The van der Waals surface area contributed by atoms with Gasteiger partial charge in [0.25, 0.3) is 5.95 Å². The van der Waals surface area contributed by atoms with Gasteiger partial charge in [0.2, 0.25) is 0 Å². The highest BCUT2D eigenvalue weighted by molar-refractivity contribution is 5.98. The molecule has 0 saturated heterocycles. The minimum Gasteiger partial charge on any atom is -0.382 e. The van der Waals surface area contributed by atoms with Gasteiger partial charge in [-0.05, 0) is 35.0 Å². The second-order valence-electron chi connectivity index (χ2n) is 5.34. The highest BCUT2D eigenvalue weighted by Crippen LogP contribution is 2.39. The summed E-state index contributed by atoms with van der Waals surface area (Å²) in [6.07, 6.45) is -3.07. The molecular formula is C13H10F3N9. The predicted molar refractivity (Wildman–Crippen MR) is 80.5 cm³/mol. The Kier molecular flexibility index (Phi) is 3.04. The van der Waals surface area contributed by atoms with Crippen molar-refractivity contribution in [1.29, 1.82) is 0 Å². The number of nitrogen functional groups attached to an aromatic ring is 1. The predicted octanol–water partition coefficient (Wildman–Crippen LogP) is 1.84. The number of halogens is 3. The molecule has 0 atom stereocenters. The zero-order valence-electron chi connectivity index (χ0n) is 12.6. The monoisotopic (exact) mass is 349 g/mol. The average molecular weight is 349 g/mol. The number of hydrogen-bond donors (Lipinski definition) is 3. The molecule has 0 unspecified atom stereocenters. The molecule has 25 heavy (non-hydrogen) atoms. The van der Waals surface area contributed by atoms with Crippen molar-refractivity contribution < 1.29 is 13.2 Å². The van der Waals surface area contributed by atoms with Crippen molar-refractivity contribution >= 4 is 16.7 Å². The molecule has 0 saturated carbocycles. The largest absolute Gasteiger partial charge is 0.416 e. The van der Waals surface area contributed by atoms with Crippen LogP contribution in [0.2, 0.25) is 0 Å². The Morgan fingerprint density at radius 1 is 1.20 bits per heavy atom.